The molecule has 66 valence electrons. The smallest absolute Gasteiger partial charge is 0.133 e. The van der Waals surface area contributed by atoms with Gasteiger partial charge in [-0.3, -0.25) is 0 Å². The molecule has 0 amide bonds. The summed E-state index contributed by atoms with van der Waals surface area (Å²) in [6, 6.07) is 5.53. The van der Waals surface area contributed by atoms with Gasteiger partial charge in [-0.05, 0) is 40.5 Å². The first-order chi connectivity index (χ1) is 5.65. The van der Waals surface area contributed by atoms with Gasteiger partial charge in [0.2, 0.25) is 0 Å². The van der Waals surface area contributed by atoms with Gasteiger partial charge in [0.15, 0.2) is 0 Å². The number of aliphatic hydroxyl groups is 1. The van der Waals surface area contributed by atoms with Crippen LogP contribution in [0.15, 0.2) is 22.7 Å². The van der Waals surface area contributed by atoms with Crippen molar-refractivity contribution in [2.75, 3.05) is 7.11 Å². The third-order valence-electron chi connectivity index (χ3n) is 1.66. The summed E-state index contributed by atoms with van der Waals surface area (Å²) >= 11 is 3.33. The molecular formula is C9H11BrO2. The fraction of sp³-hybridized carbons (Fsp3) is 0.333. The summed E-state index contributed by atoms with van der Waals surface area (Å²) in [7, 11) is 1.60. The van der Waals surface area contributed by atoms with Crippen LogP contribution in [-0.4, -0.2) is 12.2 Å². The molecule has 0 aliphatic carbocycles. The summed E-state index contributed by atoms with van der Waals surface area (Å²) < 4.78 is 5.98. The molecule has 0 radical (unpaired) electrons. The maximum atomic E-state index is 9.26. The second kappa shape index (κ2) is 3.92. The van der Waals surface area contributed by atoms with Gasteiger partial charge in [0, 0.05) is 0 Å². The first-order valence-electron chi connectivity index (χ1n) is 3.66. The van der Waals surface area contributed by atoms with Crippen LogP contribution in [0.3, 0.4) is 0 Å². The molecule has 0 saturated heterocycles. The monoisotopic (exact) mass is 230 g/mol. The predicted molar refractivity (Wildman–Crippen MR) is 51.3 cm³/mol. The molecule has 0 aliphatic heterocycles. The van der Waals surface area contributed by atoms with E-state index in [9.17, 15) is 5.11 Å². The van der Waals surface area contributed by atoms with Crippen LogP contribution in [0.2, 0.25) is 0 Å². The van der Waals surface area contributed by atoms with Crippen LogP contribution in [0, 0.1) is 0 Å². The van der Waals surface area contributed by atoms with Crippen molar-refractivity contribution in [3.05, 3.63) is 28.2 Å². The Balaban J connectivity index is 3.05. The van der Waals surface area contributed by atoms with Crippen molar-refractivity contribution in [2.24, 2.45) is 0 Å². The lowest BCUT2D eigenvalue weighted by Gasteiger charge is -2.08. The Bertz CT molecular complexity index is 271. The number of halogens is 1. The van der Waals surface area contributed by atoms with Gasteiger partial charge >= 0.3 is 0 Å². The highest BCUT2D eigenvalue weighted by molar-refractivity contribution is 9.10. The Labute approximate surface area is 80.3 Å². The first kappa shape index (κ1) is 9.55. The van der Waals surface area contributed by atoms with E-state index >= 15 is 0 Å². The number of benzene rings is 1. The van der Waals surface area contributed by atoms with Gasteiger partial charge in [-0.1, -0.05) is 6.07 Å². The molecule has 0 heterocycles. The molecule has 2 nitrogen and oxygen atoms in total. The van der Waals surface area contributed by atoms with Crippen LogP contribution in [0.1, 0.15) is 18.6 Å². The summed E-state index contributed by atoms with van der Waals surface area (Å²) in [5.41, 5.74) is 0.857. The average Bonchev–Trinajstić information content (AvgIpc) is 2.05. The van der Waals surface area contributed by atoms with E-state index in [-0.39, 0.29) is 0 Å². The highest BCUT2D eigenvalue weighted by Crippen LogP contribution is 2.27. The zero-order valence-electron chi connectivity index (χ0n) is 7.04. The second-order valence-corrected chi connectivity index (χ2v) is 3.42. The molecule has 0 unspecified atom stereocenters. The maximum absolute atomic E-state index is 9.26. The molecule has 0 fully saturated rings. The molecule has 0 aliphatic rings. The summed E-state index contributed by atoms with van der Waals surface area (Å²) in [4.78, 5) is 0. The quantitative estimate of drug-likeness (QED) is 0.847. The Hall–Kier alpha value is -0.540. The van der Waals surface area contributed by atoms with Crippen molar-refractivity contribution < 1.29 is 9.84 Å². The third-order valence-corrected chi connectivity index (χ3v) is 2.31. The summed E-state index contributed by atoms with van der Waals surface area (Å²) in [6.45, 7) is 1.72. The first-order valence-corrected chi connectivity index (χ1v) is 4.46. The number of hydrogen-bond acceptors (Lipinski definition) is 2. The van der Waals surface area contributed by atoms with Crippen molar-refractivity contribution in [2.45, 2.75) is 13.0 Å². The van der Waals surface area contributed by atoms with Gasteiger partial charge in [0.1, 0.15) is 5.75 Å². The average molecular weight is 231 g/mol. The summed E-state index contributed by atoms with van der Waals surface area (Å²) in [5.74, 6) is 0.744. The van der Waals surface area contributed by atoms with Crippen molar-refractivity contribution in [1.82, 2.24) is 0 Å². The van der Waals surface area contributed by atoms with E-state index < -0.39 is 6.10 Å². The van der Waals surface area contributed by atoms with Gasteiger partial charge < -0.3 is 9.84 Å². The molecule has 1 aromatic rings. The number of rotatable bonds is 2. The van der Waals surface area contributed by atoms with Gasteiger partial charge in [-0.15, -0.1) is 0 Å². The lowest BCUT2D eigenvalue weighted by molar-refractivity contribution is 0.199. The van der Waals surface area contributed by atoms with E-state index in [0.29, 0.717) is 0 Å². The topological polar surface area (TPSA) is 29.5 Å². The Morgan fingerprint density at radius 2 is 2.17 bits per heavy atom. The minimum atomic E-state index is -0.452. The van der Waals surface area contributed by atoms with E-state index in [1.807, 2.05) is 18.2 Å². The lowest BCUT2D eigenvalue weighted by Crippen LogP contribution is -1.92. The molecule has 1 N–H and O–H groups in total. The molecular weight excluding hydrogens is 220 g/mol. The largest absolute Gasteiger partial charge is 0.496 e. The van der Waals surface area contributed by atoms with Gasteiger partial charge in [-0.25, -0.2) is 0 Å². The zero-order chi connectivity index (χ0) is 9.14. The van der Waals surface area contributed by atoms with Crippen LogP contribution in [0.25, 0.3) is 0 Å². The number of ether oxygens (including phenoxy) is 1. The van der Waals surface area contributed by atoms with Crippen molar-refractivity contribution >= 4 is 15.9 Å². The molecule has 0 bridgehead atoms. The lowest BCUT2D eigenvalue weighted by atomic mass is 10.1. The Morgan fingerprint density at radius 1 is 1.50 bits per heavy atom. The standard InChI is InChI=1S/C9H11BrO2/c1-6(11)7-3-4-8(10)9(5-7)12-2/h3-6,11H,1-2H3/t6-/m1/s1. The SMILES string of the molecule is COc1cc([C@@H](C)O)ccc1Br. The zero-order valence-corrected chi connectivity index (χ0v) is 8.63. The molecule has 1 atom stereocenters. The van der Waals surface area contributed by atoms with Gasteiger partial charge in [0.05, 0.1) is 17.7 Å². The third kappa shape index (κ3) is 1.99. The number of hydrogen-bond donors (Lipinski definition) is 1. The highest BCUT2D eigenvalue weighted by Gasteiger charge is 2.04. The molecule has 0 saturated carbocycles. The van der Waals surface area contributed by atoms with Crippen LogP contribution in [0.4, 0.5) is 0 Å². The summed E-state index contributed by atoms with van der Waals surface area (Å²) in [6.07, 6.45) is -0.452. The van der Waals surface area contributed by atoms with E-state index in [1.165, 1.54) is 0 Å². The van der Waals surface area contributed by atoms with Crippen molar-refractivity contribution in [1.29, 1.82) is 0 Å². The van der Waals surface area contributed by atoms with E-state index in [1.54, 1.807) is 14.0 Å². The molecule has 0 spiro atoms. The molecule has 1 aromatic carbocycles. The van der Waals surface area contributed by atoms with Crippen LogP contribution >= 0.6 is 15.9 Å². The molecule has 3 heteroatoms. The number of aliphatic hydroxyl groups excluding tert-OH is 1. The minimum absolute atomic E-state index is 0.452. The molecule has 12 heavy (non-hydrogen) atoms. The number of methoxy groups -OCH3 is 1. The van der Waals surface area contributed by atoms with E-state index in [4.69, 9.17) is 4.74 Å². The normalized spacial score (nSPS) is 12.7. The Kier molecular flexibility index (Phi) is 3.12. The van der Waals surface area contributed by atoms with Crippen LogP contribution in [0.5, 0.6) is 5.75 Å². The van der Waals surface area contributed by atoms with E-state index in [2.05, 4.69) is 15.9 Å². The predicted octanol–water partition coefficient (Wildman–Crippen LogP) is 2.51. The maximum Gasteiger partial charge on any atom is 0.133 e. The van der Waals surface area contributed by atoms with Crippen molar-refractivity contribution in [3.8, 4) is 5.75 Å². The molecule has 0 aromatic heterocycles. The van der Waals surface area contributed by atoms with Gasteiger partial charge in [-0.2, -0.15) is 0 Å². The fourth-order valence-corrected chi connectivity index (χ4v) is 1.34. The fourth-order valence-electron chi connectivity index (χ4n) is 0.936. The summed E-state index contributed by atoms with van der Waals surface area (Å²) in [5, 5.41) is 9.26. The second-order valence-electron chi connectivity index (χ2n) is 2.57. The Morgan fingerprint density at radius 3 is 2.67 bits per heavy atom. The highest BCUT2D eigenvalue weighted by atomic mass is 79.9. The van der Waals surface area contributed by atoms with Gasteiger partial charge in [0.25, 0.3) is 0 Å². The van der Waals surface area contributed by atoms with Crippen LogP contribution < -0.4 is 4.74 Å². The van der Waals surface area contributed by atoms with Crippen molar-refractivity contribution in [3.63, 3.8) is 0 Å². The minimum Gasteiger partial charge on any atom is -0.496 e. The molecule has 1 rings (SSSR count). The van der Waals surface area contributed by atoms with Crippen LogP contribution in [-0.2, 0) is 0 Å². The van der Waals surface area contributed by atoms with E-state index in [0.717, 1.165) is 15.8 Å².